The van der Waals surface area contributed by atoms with Crippen molar-refractivity contribution in [3.8, 4) is 0 Å². The number of imidazole rings is 1. The monoisotopic (exact) mass is 266 g/mol. The van der Waals surface area contributed by atoms with Crippen molar-refractivity contribution in [1.29, 1.82) is 0 Å². The van der Waals surface area contributed by atoms with E-state index >= 15 is 0 Å². The smallest absolute Gasteiger partial charge is 0.125 e. The molecule has 0 fully saturated rings. The maximum Gasteiger partial charge on any atom is 0.125 e. The molecule has 0 spiro atoms. The quantitative estimate of drug-likeness (QED) is 0.893. The zero-order chi connectivity index (χ0) is 10.5. The molecule has 15 heavy (non-hydrogen) atoms. The first-order chi connectivity index (χ1) is 7.34. The largest absolute Gasteiger partial charge is 0.370 e. The normalized spacial score (nSPS) is 10.2. The maximum absolute atomic E-state index is 4.21. The van der Waals surface area contributed by atoms with Gasteiger partial charge in [-0.2, -0.15) is 0 Å². The van der Waals surface area contributed by atoms with Gasteiger partial charge in [0.2, 0.25) is 0 Å². The van der Waals surface area contributed by atoms with E-state index in [-0.39, 0.29) is 0 Å². The van der Waals surface area contributed by atoms with Crippen molar-refractivity contribution in [2.45, 2.75) is 6.42 Å². The minimum Gasteiger partial charge on any atom is -0.370 e. The SMILES string of the molecule is Brc1ccc(NCCc2ncc[nH]2)nc1. The van der Waals surface area contributed by atoms with Crippen molar-refractivity contribution in [2.75, 3.05) is 11.9 Å². The van der Waals surface area contributed by atoms with Gasteiger partial charge in [-0.15, -0.1) is 0 Å². The lowest BCUT2D eigenvalue weighted by Gasteiger charge is -2.03. The zero-order valence-electron chi connectivity index (χ0n) is 8.07. The van der Waals surface area contributed by atoms with E-state index < -0.39 is 0 Å². The third-order valence-electron chi connectivity index (χ3n) is 1.95. The highest BCUT2D eigenvalue weighted by Gasteiger charge is 1.96. The van der Waals surface area contributed by atoms with E-state index in [1.165, 1.54) is 0 Å². The van der Waals surface area contributed by atoms with Gasteiger partial charge in [0.25, 0.3) is 0 Å². The summed E-state index contributed by atoms with van der Waals surface area (Å²) in [6, 6.07) is 3.90. The van der Waals surface area contributed by atoms with Crippen LogP contribution in [0.3, 0.4) is 0 Å². The Hall–Kier alpha value is -1.36. The molecule has 2 aromatic rings. The van der Waals surface area contributed by atoms with E-state index in [9.17, 15) is 0 Å². The van der Waals surface area contributed by atoms with E-state index in [0.717, 1.165) is 29.1 Å². The Kier molecular flexibility index (Phi) is 3.34. The molecule has 0 aliphatic heterocycles. The minimum atomic E-state index is 0.822. The lowest BCUT2D eigenvalue weighted by atomic mass is 10.4. The van der Waals surface area contributed by atoms with E-state index in [1.54, 1.807) is 12.4 Å². The molecule has 0 aliphatic rings. The lowest BCUT2D eigenvalue weighted by Crippen LogP contribution is -2.06. The van der Waals surface area contributed by atoms with Crippen molar-refractivity contribution in [3.63, 3.8) is 0 Å². The van der Waals surface area contributed by atoms with Crippen LogP contribution in [-0.2, 0) is 6.42 Å². The van der Waals surface area contributed by atoms with Crippen LogP contribution < -0.4 is 5.32 Å². The van der Waals surface area contributed by atoms with Gasteiger partial charge in [0.15, 0.2) is 0 Å². The maximum atomic E-state index is 4.21. The van der Waals surface area contributed by atoms with E-state index in [4.69, 9.17) is 0 Å². The molecule has 0 bridgehead atoms. The molecule has 0 atom stereocenters. The van der Waals surface area contributed by atoms with Gasteiger partial charge in [0, 0.05) is 36.0 Å². The molecule has 2 N–H and O–H groups in total. The van der Waals surface area contributed by atoms with Crippen LogP contribution in [0.2, 0.25) is 0 Å². The van der Waals surface area contributed by atoms with Gasteiger partial charge in [0.05, 0.1) is 0 Å². The van der Waals surface area contributed by atoms with Crippen molar-refractivity contribution in [3.05, 3.63) is 41.0 Å². The molecule has 4 nitrogen and oxygen atoms in total. The highest BCUT2D eigenvalue weighted by atomic mass is 79.9. The summed E-state index contributed by atoms with van der Waals surface area (Å²) in [5.41, 5.74) is 0. The number of hydrogen-bond donors (Lipinski definition) is 2. The third kappa shape index (κ3) is 3.06. The van der Waals surface area contributed by atoms with Crippen molar-refractivity contribution in [1.82, 2.24) is 15.0 Å². The molecule has 0 amide bonds. The fourth-order valence-electron chi connectivity index (χ4n) is 1.22. The molecule has 0 unspecified atom stereocenters. The number of pyridine rings is 1. The fourth-order valence-corrected chi connectivity index (χ4v) is 1.46. The molecule has 78 valence electrons. The van der Waals surface area contributed by atoms with Gasteiger partial charge in [-0.25, -0.2) is 9.97 Å². The van der Waals surface area contributed by atoms with Crippen LogP contribution in [0, 0.1) is 0 Å². The van der Waals surface area contributed by atoms with Crippen LogP contribution in [0.15, 0.2) is 35.2 Å². The predicted molar refractivity (Wildman–Crippen MR) is 62.7 cm³/mol. The van der Waals surface area contributed by atoms with E-state index in [0.29, 0.717) is 0 Å². The Bertz CT molecular complexity index is 396. The second-order valence-corrected chi connectivity index (χ2v) is 3.99. The first-order valence-electron chi connectivity index (χ1n) is 4.68. The minimum absolute atomic E-state index is 0.822. The molecule has 0 saturated carbocycles. The molecule has 0 saturated heterocycles. The first kappa shape index (κ1) is 10.2. The Morgan fingerprint density at radius 3 is 2.93 bits per heavy atom. The van der Waals surface area contributed by atoms with E-state index in [2.05, 4.69) is 36.2 Å². The van der Waals surface area contributed by atoms with Crippen LogP contribution in [0.4, 0.5) is 5.82 Å². The third-order valence-corrected chi connectivity index (χ3v) is 2.42. The van der Waals surface area contributed by atoms with Crippen LogP contribution in [-0.4, -0.2) is 21.5 Å². The summed E-state index contributed by atoms with van der Waals surface area (Å²) in [4.78, 5) is 11.4. The highest BCUT2D eigenvalue weighted by Crippen LogP contribution is 2.10. The number of rotatable bonds is 4. The number of aromatic nitrogens is 3. The van der Waals surface area contributed by atoms with Gasteiger partial charge in [-0.1, -0.05) is 0 Å². The number of nitrogens with one attached hydrogen (secondary N) is 2. The van der Waals surface area contributed by atoms with Gasteiger partial charge < -0.3 is 10.3 Å². The molecule has 0 radical (unpaired) electrons. The summed E-state index contributed by atoms with van der Waals surface area (Å²) < 4.78 is 0.985. The molecule has 5 heteroatoms. The van der Waals surface area contributed by atoms with Crippen LogP contribution in [0.25, 0.3) is 0 Å². The number of H-pyrrole nitrogens is 1. The van der Waals surface area contributed by atoms with Gasteiger partial charge in [-0.3, -0.25) is 0 Å². The highest BCUT2D eigenvalue weighted by molar-refractivity contribution is 9.10. The number of halogens is 1. The molecular formula is C10H11BrN4. The molecule has 2 aromatic heterocycles. The second kappa shape index (κ2) is 4.93. The number of anilines is 1. The summed E-state index contributed by atoms with van der Waals surface area (Å²) in [5, 5.41) is 3.22. The Morgan fingerprint density at radius 1 is 1.33 bits per heavy atom. The van der Waals surface area contributed by atoms with Crippen LogP contribution in [0.5, 0.6) is 0 Å². The van der Waals surface area contributed by atoms with Crippen molar-refractivity contribution in [2.24, 2.45) is 0 Å². The van der Waals surface area contributed by atoms with Gasteiger partial charge in [-0.05, 0) is 28.1 Å². The molecule has 2 rings (SSSR count). The number of aromatic amines is 1. The number of hydrogen-bond acceptors (Lipinski definition) is 3. The summed E-state index contributed by atoms with van der Waals surface area (Å²) in [7, 11) is 0. The predicted octanol–water partition coefficient (Wildman–Crippen LogP) is 2.22. The van der Waals surface area contributed by atoms with Crippen molar-refractivity contribution < 1.29 is 0 Å². The second-order valence-electron chi connectivity index (χ2n) is 3.07. The Labute approximate surface area is 96.3 Å². The van der Waals surface area contributed by atoms with Crippen LogP contribution in [0.1, 0.15) is 5.82 Å². The van der Waals surface area contributed by atoms with Crippen LogP contribution >= 0.6 is 15.9 Å². The zero-order valence-corrected chi connectivity index (χ0v) is 9.66. The van der Waals surface area contributed by atoms with Gasteiger partial charge in [0.1, 0.15) is 11.6 Å². The molecule has 0 aliphatic carbocycles. The molecular weight excluding hydrogens is 256 g/mol. The standard InChI is InChI=1S/C10H11BrN4/c11-8-1-2-9(15-7-8)12-4-3-10-13-5-6-14-10/h1-2,5-7H,3-4H2,(H,12,15)(H,13,14). The summed E-state index contributed by atoms with van der Waals surface area (Å²) in [6.45, 7) is 0.822. The first-order valence-corrected chi connectivity index (χ1v) is 5.47. The summed E-state index contributed by atoms with van der Waals surface area (Å²) in [6.07, 6.45) is 6.22. The molecule has 2 heterocycles. The summed E-state index contributed by atoms with van der Waals surface area (Å²) >= 11 is 3.34. The lowest BCUT2D eigenvalue weighted by molar-refractivity contribution is 0.921. The van der Waals surface area contributed by atoms with E-state index in [1.807, 2.05) is 18.3 Å². The van der Waals surface area contributed by atoms with Gasteiger partial charge >= 0.3 is 0 Å². The topological polar surface area (TPSA) is 53.6 Å². The average Bonchev–Trinajstić information content (AvgIpc) is 2.74. The Morgan fingerprint density at radius 2 is 2.27 bits per heavy atom. The average molecular weight is 267 g/mol. The van der Waals surface area contributed by atoms with Crippen molar-refractivity contribution >= 4 is 21.7 Å². The summed E-state index contributed by atoms with van der Waals surface area (Å²) in [5.74, 6) is 1.87. The molecule has 0 aromatic carbocycles. The number of nitrogens with zero attached hydrogens (tertiary/aromatic N) is 2. The fraction of sp³-hybridized carbons (Fsp3) is 0.200. The Balaban J connectivity index is 1.81.